The Kier molecular flexibility index (Phi) is 7.45. The molecule has 3 aromatic heterocycles. The van der Waals surface area contributed by atoms with Crippen molar-refractivity contribution in [2.24, 2.45) is 13.0 Å². The average Bonchev–Trinajstić information content (AvgIpc) is 3.44. The Morgan fingerprint density at radius 3 is 2.69 bits per heavy atom. The van der Waals surface area contributed by atoms with Crippen molar-refractivity contribution in [2.45, 2.75) is 58.2 Å². The molecule has 1 aliphatic rings. The number of aromatic nitrogens is 5. The number of nitrogen functional groups attached to an aromatic ring is 1. The Labute approximate surface area is 212 Å². The van der Waals surface area contributed by atoms with Crippen molar-refractivity contribution < 1.29 is 14.3 Å². The highest BCUT2D eigenvalue weighted by molar-refractivity contribution is 6.76. The normalized spacial score (nSPS) is 18.5. The highest BCUT2D eigenvalue weighted by Crippen LogP contribution is 2.33. The van der Waals surface area contributed by atoms with Crippen LogP contribution in [0.4, 0.5) is 11.5 Å². The summed E-state index contributed by atoms with van der Waals surface area (Å²) in [5.41, 5.74) is 7.92. The van der Waals surface area contributed by atoms with E-state index >= 15 is 0 Å². The van der Waals surface area contributed by atoms with Crippen LogP contribution in [0.5, 0.6) is 0 Å². The maximum atomic E-state index is 13.4. The molecule has 36 heavy (non-hydrogen) atoms. The Hall–Kier alpha value is -3.25. The SMILES string of the molecule is CC1CCC(c2ccnn2C)N(C(=O)C(=O)Nc2cnc(N)c3cnn(COCC[Si](C)(C)C)c23)C1. The van der Waals surface area contributed by atoms with Gasteiger partial charge in [-0.25, -0.2) is 9.67 Å². The number of ether oxygens (including phenoxy) is 1. The van der Waals surface area contributed by atoms with Crippen molar-refractivity contribution >= 4 is 42.3 Å². The average molecular weight is 513 g/mol. The van der Waals surface area contributed by atoms with Gasteiger partial charge < -0.3 is 20.7 Å². The van der Waals surface area contributed by atoms with Crippen LogP contribution in [0.15, 0.2) is 24.7 Å². The number of aryl methyl sites for hydroxylation is 1. The van der Waals surface area contributed by atoms with Crippen LogP contribution in [0.2, 0.25) is 25.7 Å². The van der Waals surface area contributed by atoms with Crippen LogP contribution in [0.25, 0.3) is 10.9 Å². The van der Waals surface area contributed by atoms with Gasteiger partial charge in [-0.15, -0.1) is 0 Å². The zero-order chi connectivity index (χ0) is 26.0. The second-order valence-electron chi connectivity index (χ2n) is 10.8. The minimum absolute atomic E-state index is 0.207. The molecule has 11 nitrogen and oxygen atoms in total. The maximum absolute atomic E-state index is 13.4. The number of nitrogens with one attached hydrogen (secondary N) is 1. The lowest BCUT2D eigenvalue weighted by Gasteiger charge is -2.38. The predicted molar refractivity (Wildman–Crippen MR) is 141 cm³/mol. The zero-order valence-corrected chi connectivity index (χ0v) is 22.7. The van der Waals surface area contributed by atoms with Gasteiger partial charge in [0.25, 0.3) is 0 Å². The molecule has 0 bridgehead atoms. The Morgan fingerprint density at radius 2 is 2.00 bits per heavy atom. The van der Waals surface area contributed by atoms with E-state index in [4.69, 9.17) is 10.5 Å². The van der Waals surface area contributed by atoms with Gasteiger partial charge in [-0.1, -0.05) is 26.6 Å². The number of nitrogens with two attached hydrogens (primary N) is 1. The molecule has 12 heteroatoms. The minimum atomic E-state index is -1.23. The van der Waals surface area contributed by atoms with E-state index in [0.29, 0.717) is 41.5 Å². The van der Waals surface area contributed by atoms with E-state index in [1.54, 1.807) is 26.7 Å². The quantitative estimate of drug-likeness (QED) is 0.282. The maximum Gasteiger partial charge on any atom is 0.314 e. The Bertz CT molecular complexity index is 1250. The molecule has 3 N–H and O–H groups in total. The number of likely N-dealkylation sites (tertiary alicyclic amines) is 1. The number of carbonyl (C=O) groups is 2. The van der Waals surface area contributed by atoms with Crippen molar-refractivity contribution in [3.63, 3.8) is 0 Å². The number of piperidine rings is 1. The fourth-order valence-corrected chi connectivity index (χ4v) is 5.30. The smallest absolute Gasteiger partial charge is 0.314 e. The van der Waals surface area contributed by atoms with Crippen molar-refractivity contribution in [2.75, 3.05) is 24.2 Å². The van der Waals surface area contributed by atoms with Crippen LogP contribution >= 0.6 is 0 Å². The van der Waals surface area contributed by atoms with E-state index in [9.17, 15) is 9.59 Å². The van der Waals surface area contributed by atoms with Crippen LogP contribution in [0.3, 0.4) is 0 Å². The predicted octanol–water partition coefficient (Wildman–Crippen LogP) is 3.00. The number of anilines is 2. The van der Waals surface area contributed by atoms with Gasteiger partial charge in [-0.3, -0.25) is 14.3 Å². The van der Waals surface area contributed by atoms with Crippen LogP contribution < -0.4 is 11.1 Å². The van der Waals surface area contributed by atoms with Gasteiger partial charge in [0, 0.05) is 34.5 Å². The second kappa shape index (κ2) is 10.4. The number of hydrogen-bond acceptors (Lipinski definition) is 7. The third-order valence-electron chi connectivity index (χ3n) is 6.63. The number of carbonyl (C=O) groups excluding carboxylic acids is 2. The first kappa shape index (κ1) is 25.8. The van der Waals surface area contributed by atoms with Crippen LogP contribution in [0, 0.1) is 5.92 Å². The minimum Gasteiger partial charge on any atom is -0.383 e. The molecule has 2 amide bonds. The van der Waals surface area contributed by atoms with Crippen LogP contribution in [0.1, 0.15) is 31.5 Å². The zero-order valence-electron chi connectivity index (χ0n) is 21.7. The van der Waals surface area contributed by atoms with Gasteiger partial charge in [0.2, 0.25) is 0 Å². The fraction of sp³-hybridized carbons (Fsp3) is 0.542. The molecule has 4 heterocycles. The number of nitrogens with zero attached hydrogens (tertiary/aromatic N) is 6. The van der Waals surface area contributed by atoms with Crippen LogP contribution in [-0.4, -0.2) is 62.5 Å². The Morgan fingerprint density at radius 1 is 1.22 bits per heavy atom. The third-order valence-corrected chi connectivity index (χ3v) is 8.34. The number of rotatable bonds is 7. The molecule has 2 unspecified atom stereocenters. The van der Waals surface area contributed by atoms with Crippen molar-refractivity contribution in [3.05, 3.63) is 30.4 Å². The van der Waals surface area contributed by atoms with E-state index in [2.05, 4.69) is 47.1 Å². The van der Waals surface area contributed by atoms with Gasteiger partial charge in [0.1, 0.15) is 12.5 Å². The summed E-state index contributed by atoms with van der Waals surface area (Å²) in [6, 6.07) is 2.72. The molecule has 4 rings (SSSR count). The molecular weight excluding hydrogens is 476 g/mol. The molecule has 1 saturated heterocycles. The molecule has 0 saturated carbocycles. The molecule has 3 aromatic rings. The molecule has 0 aliphatic carbocycles. The summed E-state index contributed by atoms with van der Waals surface area (Å²) in [6.45, 7) is 10.3. The summed E-state index contributed by atoms with van der Waals surface area (Å²) < 4.78 is 9.26. The van der Waals surface area contributed by atoms with Crippen LogP contribution in [-0.2, 0) is 28.1 Å². The van der Waals surface area contributed by atoms with Gasteiger partial charge in [-0.05, 0) is 30.9 Å². The molecule has 2 atom stereocenters. The van der Waals surface area contributed by atoms with Crippen molar-refractivity contribution in [3.8, 4) is 0 Å². The summed E-state index contributed by atoms with van der Waals surface area (Å²) in [6.07, 6.45) is 6.51. The Balaban J connectivity index is 1.54. The molecule has 0 aromatic carbocycles. The summed E-state index contributed by atoms with van der Waals surface area (Å²) in [5.74, 6) is -0.721. The van der Waals surface area contributed by atoms with Gasteiger partial charge in [0.05, 0.1) is 40.7 Å². The molecule has 0 radical (unpaired) electrons. The third kappa shape index (κ3) is 5.59. The van der Waals surface area contributed by atoms with Crippen molar-refractivity contribution in [1.82, 2.24) is 29.4 Å². The lowest BCUT2D eigenvalue weighted by atomic mass is 9.92. The standard InChI is InChI=1S/C24H36N8O3Si/c1-16-6-7-20(19-8-9-27-30(19)2)31(14-16)24(34)23(33)29-18-13-26-22(25)17-12-28-32(21(17)18)15-35-10-11-36(3,4)5/h8-9,12-13,16,20H,6-7,10-11,14-15H2,1-5H3,(H2,25,26)(H,29,33). The van der Waals surface area contributed by atoms with E-state index in [-0.39, 0.29) is 12.8 Å². The second-order valence-corrected chi connectivity index (χ2v) is 16.4. The van der Waals surface area contributed by atoms with E-state index in [1.165, 1.54) is 6.20 Å². The van der Waals surface area contributed by atoms with E-state index < -0.39 is 19.9 Å². The van der Waals surface area contributed by atoms with Gasteiger partial charge >= 0.3 is 11.8 Å². The first-order chi connectivity index (χ1) is 17.0. The molecule has 1 fully saturated rings. The number of fused-ring (bicyclic) bond motifs is 1. The van der Waals surface area contributed by atoms with E-state index in [0.717, 1.165) is 24.6 Å². The fourth-order valence-electron chi connectivity index (χ4n) is 4.54. The highest BCUT2D eigenvalue weighted by Gasteiger charge is 2.35. The molecule has 0 spiro atoms. The summed E-state index contributed by atoms with van der Waals surface area (Å²) in [5, 5.41) is 12.0. The number of pyridine rings is 1. The summed E-state index contributed by atoms with van der Waals surface area (Å²) in [7, 11) is 0.620. The van der Waals surface area contributed by atoms with Gasteiger partial charge in [-0.2, -0.15) is 10.2 Å². The summed E-state index contributed by atoms with van der Waals surface area (Å²) in [4.78, 5) is 32.4. The first-order valence-corrected chi connectivity index (χ1v) is 16.0. The number of hydrogen-bond donors (Lipinski definition) is 2. The molecule has 194 valence electrons. The van der Waals surface area contributed by atoms with Crippen molar-refractivity contribution in [1.29, 1.82) is 0 Å². The molecule has 1 aliphatic heterocycles. The lowest BCUT2D eigenvalue weighted by molar-refractivity contribution is -0.146. The monoisotopic (exact) mass is 512 g/mol. The number of amides is 2. The largest absolute Gasteiger partial charge is 0.383 e. The molecular formula is C24H36N8O3Si. The van der Waals surface area contributed by atoms with E-state index in [1.807, 2.05) is 13.1 Å². The topological polar surface area (TPSA) is 133 Å². The summed E-state index contributed by atoms with van der Waals surface area (Å²) >= 11 is 0. The first-order valence-electron chi connectivity index (χ1n) is 12.3. The lowest BCUT2D eigenvalue weighted by Crippen LogP contribution is -2.47. The highest BCUT2D eigenvalue weighted by atomic mass is 28.3. The van der Waals surface area contributed by atoms with Gasteiger partial charge in [0.15, 0.2) is 0 Å².